The van der Waals surface area contributed by atoms with Gasteiger partial charge in [0.2, 0.25) is 0 Å². The Hall–Kier alpha value is -3.93. The van der Waals surface area contributed by atoms with E-state index in [0.29, 0.717) is 5.69 Å². The van der Waals surface area contributed by atoms with Crippen LogP contribution in [0.1, 0.15) is 18.2 Å². The number of sulfone groups is 1. The number of phenols is 2. The molecule has 2 aliphatic rings. The topological polar surface area (TPSA) is 171 Å². The van der Waals surface area contributed by atoms with Gasteiger partial charge in [0.15, 0.2) is 32.8 Å². The van der Waals surface area contributed by atoms with Crippen LogP contribution < -0.4 is 0 Å². The Morgan fingerprint density at radius 1 is 1.21 bits per heavy atom. The number of hydrogen-bond donors (Lipinski definition) is 3. The molecule has 2 saturated heterocycles. The highest BCUT2D eigenvalue weighted by Crippen LogP contribution is 2.49. The average Bonchev–Trinajstić information content (AvgIpc) is 2.95. The van der Waals surface area contributed by atoms with Crippen molar-refractivity contribution in [1.82, 2.24) is 9.88 Å². The fourth-order valence-electron chi connectivity index (χ4n) is 4.13. The van der Waals surface area contributed by atoms with Gasteiger partial charge in [-0.15, -0.1) is 0 Å². The summed E-state index contributed by atoms with van der Waals surface area (Å²) in [6.45, 7) is 0.330. The molecular weight excluding hydrogens is 468 g/mol. The van der Waals surface area contributed by atoms with Crippen LogP contribution in [0.25, 0.3) is 6.08 Å². The number of ether oxygens (including phenoxy) is 1. The molecule has 2 fully saturated rings. The van der Waals surface area contributed by atoms with Crippen molar-refractivity contribution in [2.45, 2.75) is 29.5 Å². The lowest BCUT2D eigenvalue weighted by atomic mass is 9.94. The number of phenolic OH excluding ortho intramolecular Hbond substituents is 2. The number of nitrogens with zero attached hydrogens (tertiary/aromatic N) is 2. The highest BCUT2D eigenvalue weighted by molar-refractivity contribution is 7.94. The van der Waals surface area contributed by atoms with E-state index in [2.05, 4.69) is 4.98 Å². The van der Waals surface area contributed by atoms with Gasteiger partial charge in [0, 0.05) is 6.20 Å². The first kappa shape index (κ1) is 23.2. The maximum Gasteiger partial charge on any atom is 0.328 e. The van der Waals surface area contributed by atoms with E-state index in [1.54, 1.807) is 18.2 Å². The number of aliphatic carboxylic acids is 1. The number of amides is 1. The van der Waals surface area contributed by atoms with E-state index < -0.39 is 56.2 Å². The molecule has 1 aromatic heterocycles. The molecule has 3 heterocycles. The highest BCUT2D eigenvalue weighted by Gasteiger charge is 2.72. The quantitative estimate of drug-likeness (QED) is 0.225. The molecule has 1 unspecified atom stereocenters. The van der Waals surface area contributed by atoms with Crippen LogP contribution in [-0.2, 0) is 35.4 Å². The lowest BCUT2D eigenvalue weighted by Crippen LogP contribution is -2.59. The summed E-state index contributed by atoms with van der Waals surface area (Å²) in [6, 6.07) is 6.79. The molecule has 0 aliphatic carbocycles. The summed E-state index contributed by atoms with van der Waals surface area (Å²) in [5.41, 5.74) is 0.512. The zero-order valence-corrected chi connectivity index (χ0v) is 18.6. The molecule has 3 N–H and O–H groups in total. The summed E-state index contributed by atoms with van der Waals surface area (Å²) in [6.07, 6.45) is 2.40. The van der Waals surface area contributed by atoms with Gasteiger partial charge in [-0.25, -0.2) is 13.2 Å². The van der Waals surface area contributed by atoms with Gasteiger partial charge in [-0.3, -0.25) is 14.6 Å². The molecule has 34 heavy (non-hydrogen) atoms. The molecule has 2 aromatic rings. The SMILES string of the molecule is C[C@]1(COC(=O)Cc2ccc(O)c(O)c2)[C@H](C(=O)O)N2C(=O)/C(=C/c3ccccn3)C2S1(=O)=O. The average molecular weight is 488 g/mol. The van der Waals surface area contributed by atoms with Crippen LogP contribution in [-0.4, -0.2) is 74.2 Å². The number of benzene rings is 1. The molecule has 1 amide bonds. The third kappa shape index (κ3) is 3.55. The summed E-state index contributed by atoms with van der Waals surface area (Å²) in [4.78, 5) is 41.9. The largest absolute Gasteiger partial charge is 0.504 e. The number of carboxylic acid groups (broad SMARTS) is 1. The van der Waals surface area contributed by atoms with Crippen molar-refractivity contribution in [3.05, 3.63) is 59.4 Å². The molecule has 11 nitrogen and oxygen atoms in total. The number of esters is 1. The summed E-state index contributed by atoms with van der Waals surface area (Å²) >= 11 is 0. The van der Waals surface area contributed by atoms with Gasteiger partial charge >= 0.3 is 11.9 Å². The van der Waals surface area contributed by atoms with Gasteiger partial charge in [0.25, 0.3) is 5.91 Å². The van der Waals surface area contributed by atoms with Crippen LogP contribution in [0.4, 0.5) is 0 Å². The summed E-state index contributed by atoms with van der Waals surface area (Å²) < 4.78 is 29.9. The molecule has 0 spiro atoms. The second-order valence-electron chi connectivity index (χ2n) is 8.18. The smallest absolute Gasteiger partial charge is 0.328 e. The zero-order valence-electron chi connectivity index (χ0n) is 17.8. The maximum absolute atomic E-state index is 13.4. The lowest BCUT2D eigenvalue weighted by molar-refractivity contribution is -0.155. The summed E-state index contributed by atoms with van der Waals surface area (Å²) in [7, 11) is -4.33. The number of aromatic nitrogens is 1. The van der Waals surface area contributed by atoms with Gasteiger partial charge in [0.05, 0.1) is 17.7 Å². The molecule has 3 atom stereocenters. The summed E-state index contributed by atoms with van der Waals surface area (Å²) in [5.74, 6) is -4.00. The van der Waals surface area contributed by atoms with Gasteiger partial charge < -0.3 is 25.0 Å². The predicted octanol–water partition coefficient (Wildman–Crippen LogP) is 0.471. The number of aromatic hydroxyl groups is 2. The Morgan fingerprint density at radius 3 is 2.56 bits per heavy atom. The van der Waals surface area contributed by atoms with Crippen LogP contribution in [0.2, 0.25) is 0 Å². The summed E-state index contributed by atoms with van der Waals surface area (Å²) in [5, 5.41) is 27.2. The maximum atomic E-state index is 13.4. The normalized spacial score (nSPS) is 26.1. The standard InChI is InChI=1S/C22H20N2O9S/c1-22(11-33-17(27)9-12-5-6-15(25)16(26)8-12)18(21(29)30)24-19(28)14(20(24)34(22,31)32)10-13-4-2-3-7-23-13/h2-8,10,18,20,25-26H,9,11H2,1H3,(H,29,30)/b14-10-/t18-,20?,22-/m0/s1. The number of pyridine rings is 1. The van der Waals surface area contributed by atoms with Crippen LogP contribution in [0.15, 0.2) is 48.2 Å². The molecule has 2 aliphatic heterocycles. The number of β-lactam (4-membered cyclic amide) rings is 1. The molecule has 0 bridgehead atoms. The van der Waals surface area contributed by atoms with Crippen LogP contribution >= 0.6 is 0 Å². The van der Waals surface area contributed by atoms with E-state index in [4.69, 9.17) is 4.74 Å². The Kier molecular flexibility index (Phi) is 5.56. The minimum atomic E-state index is -4.33. The molecule has 1 aromatic carbocycles. The van der Waals surface area contributed by atoms with Crippen LogP contribution in [0.5, 0.6) is 11.5 Å². The fourth-order valence-corrected chi connectivity index (χ4v) is 6.41. The second kappa shape index (κ2) is 8.13. The molecular formula is C22H20N2O9S. The second-order valence-corrected chi connectivity index (χ2v) is 10.6. The Morgan fingerprint density at radius 2 is 1.94 bits per heavy atom. The van der Waals surface area contributed by atoms with Crippen molar-refractivity contribution in [2.75, 3.05) is 6.61 Å². The van der Waals surface area contributed by atoms with Crippen molar-refractivity contribution in [1.29, 1.82) is 0 Å². The number of hydrogen-bond acceptors (Lipinski definition) is 9. The van der Waals surface area contributed by atoms with E-state index in [0.717, 1.165) is 17.9 Å². The first-order chi connectivity index (χ1) is 16.0. The number of carbonyl (C=O) groups excluding carboxylic acids is 2. The van der Waals surface area contributed by atoms with E-state index in [1.165, 1.54) is 24.4 Å². The minimum Gasteiger partial charge on any atom is -0.504 e. The third-order valence-corrected chi connectivity index (χ3v) is 8.64. The predicted molar refractivity (Wildman–Crippen MR) is 116 cm³/mol. The Labute approximate surface area is 193 Å². The number of carbonyl (C=O) groups is 3. The van der Waals surface area contributed by atoms with Gasteiger partial charge in [-0.1, -0.05) is 12.1 Å². The van der Waals surface area contributed by atoms with Gasteiger partial charge in [0.1, 0.15) is 11.4 Å². The molecule has 0 radical (unpaired) electrons. The first-order valence-corrected chi connectivity index (χ1v) is 11.6. The van der Waals surface area contributed by atoms with Gasteiger partial charge in [-0.2, -0.15) is 0 Å². The van der Waals surface area contributed by atoms with E-state index in [9.17, 15) is 38.1 Å². The van der Waals surface area contributed by atoms with E-state index >= 15 is 0 Å². The molecule has 4 rings (SSSR count). The molecule has 0 saturated carbocycles. The number of fused-ring (bicyclic) bond motifs is 1. The van der Waals surface area contributed by atoms with Crippen molar-refractivity contribution in [3.63, 3.8) is 0 Å². The highest BCUT2D eigenvalue weighted by atomic mass is 32.2. The van der Waals surface area contributed by atoms with E-state index in [1.807, 2.05) is 0 Å². The van der Waals surface area contributed by atoms with Crippen molar-refractivity contribution < 1.29 is 42.9 Å². The van der Waals surface area contributed by atoms with Gasteiger partial charge in [-0.05, 0) is 42.8 Å². The van der Waals surface area contributed by atoms with Crippen molar-refractivity contribution >= 4 is 33.8 Å². The van der Waals surface area contributed by atoms with Crippen LogP contribution in [0, 0.1) is 0 Å². The van der Waals surface area contributed by atoms with E-state index in [-0.39, 0.29) is 23.3 Å². The number of carboxylic acids is 1. The third-order valence-electron chi connectivity index (χ3n) is 5.93. The first-order valence-electron chi connectivity index (χ1n) is 10.1. The zero-order chi connectivity index (χ0) is 24.8. The van der Waals surface area contributed by atoms with Crippen molar-refractivity contribution in [3.8, 4) is 11.5 Å². The molecule has 178 valence electrons. The minimum absolute atomic E-state index is 0.112. The number of rotatable bonds is 6. The van der Waals surface area contributed by atoms with Crippen molar-refractivity contribution in [2.24, 2.45) is 0 Å². The molecule has 12 heteroatoms. The Balaban J connectivity index is 1.59. The van der Waals surface area contributed by atoms with Crippen LogP contribution in [0.3, 0.4) is 0 Å². The monoisotopic (exact) mass is 488 g/mol. The Bertz CT molecular complexity index is 1320. The fraction of sp³-hybridized carbons (Fsp3) is 0.273. The lowest BCUT2D eigenvalue weighted by Gasteiger charge is -2.37.